The highest BCUT2D eigenvalue weighted by Gasteiger charge is 2.16. The predicted molar refractivity (Wildman–Crippen MR) is 95.9 cm³/mol. The highest BCUT2D eigenvalue weighted by atomic mass is 16.6. The average molecular weight is 343 g/mol. The molecule has 0 spiro atoms. The van der Waals surface area contributed by atoms with Crippen LogP contribution < -0.4 is 20.5 Å². The van der Waals surface area contributed by atoms with Crippen molar-refractivity contribution in [2.75, 3.05) is 19.5 Å². The molecule has 25 heavy (non-hydrogen) atoms. The molecule has 0 aliphatic carbocycles. The first-order valence-corrected chi connectivity index (χ1v) is 7.62. The van der Waals surface area contributed by atoms with Crippen molar-refractivity contribution in [3.05, 3.63) is 54.1 Å². The SMILES string of the molecule is COc1ccc(NC(=O)[C@@H](C)O/N=C(/N)c2ccccc2)cc1OC. The number of methoxy groups -OCH3 is 2. The van der Waals surface area contributed by atoms with Gasteiger partial charge in [-0.3, -0.25) is 4.79 Å². The van der Waals surface area contributed by atoms with Gasteiger partial charge in [0.1, 0.15) is 0 Å². The number of carbonyl (C=O) groups excluding carboxylic acids is 1. The quantitative estimate of drug-likeness (QED) is 0.457. The van der Waals surface area contributed by atoms with Crippen molar-refractivity contribution >= 4 is 17.4 Å². The molecule has 1 amide bonds. The number of carbonyl (C=O) groups is 1. The van der Waals surface area contributed by atoms with E-state index in [1.54, 1.807) is 44.4 Å². The van der Waals surface area contributed by atoms with Gasteiger partial charge >= 0.3 is 0 Å². The number of benzene rings is 2. The first-order chi connectivity index (χ1) is 12.0. The number of amides is 1. The van der Waals surface area contributed by atoms with Crippen molar-refractivity contribution in [2.24, 2.45) is 10.9 Å². The fourth-order valence-corrected chi connectivity index (χ4v) is 2.00. The monoisotopic (exact) mass is 343 g/mol. The van der Waals surface area contributed by atoms with Crippen LogP contribution in [0.5, 0.6) is 11.5 Å². The minimum atomic E-state index is -0.824. The molecule has 7 heteroatoms. The largest absolute Gasteiger partial charge is 0.493 e. The molecule has 0 saturated carbocycles. The zero-order valence-electron chi connectivity index (χ0n) is 14.4. The summed E-state index contributed by atoms with van der Waals surface area (Å²) in [5.41, 5.74) is 7.10. The van der Waals surface area contributed by atoms with E-state index in [4.69, 9.17) is 20.0 Å². The van der Waals surface area contributed by atoms with E-state index in [1.807, 2.05) is 18.2 Å². The molecule has 0 aliphatic rings. The summed E-state index contributed by atoms with van der Waals surface area (Å²) in [5.74, 6) is 0.924. The lowest BCUT2D eigenvalue weighted by Crippen LogP contribution is -2.27. The number of nitrogens with two attached hydrogens (primary N) is 1. The van der Waals surface area contributed by atoms with Crippen LogP contribution in [0.3, 0.4) is 0 Å². The van der Waals surface area contributed by atoms with Crippen molar-refractivity contribution in [1.82, 2.24) is 0 Å². The van der Waals surface area contributed by atoms with E-state index in [-0.39, 0.29) is 11.7 Å². The second-order valence-electron chi connectivity index (χ2n) is 5.15. The molecule has 0 heterocycles. The van der Waals surface area contributed by atoms with E-state index in [0.717, 1.165) is 5.56 Å². The van der Waals surface area contributed by atoms with Crippen LogP contribution >= 0.6 is 0 Å². The molecule has 0 unspecified atom stereocenters. The van der Waals surface area contributed by atoms with E-state index < -0.39 is 6.10 Å². The van der Waals surface area contributed by atoms with Gasteiger partial charge < -0.3 is 25.4 Å². The molecule has 2 rings (SSSR count). The van der Waals surface area contributed by atoms with E-state index in [9.17, 15) is 4.79 Å². The molecule has 0 fully saturated rings. The van der Waals surface area contributed by atoms with Crippen molar-refractivity contribution in [3.63, 3.8) is 0 Å². The zero-order valence-corrected chi connectivity index (χ0v) is 14.4. The Hall–Kier alpha value is -3.22. The lowest BCUT2D eigenvalue weighted by molar-refractivity contribution is -0.126. The highest BCUT2D eigenvalue weighted by Crippen LogP contribution is 2.29. The summed E-state index contributed by atoms with van der Waals surface area (Å²) in [4.78, 5) is 17.4. The number of oxime groups is 1. The van der Waals surface area contributed by atoms with Gasteiger partial charge in [-0.2, -0.15) is 0 Å². The Bertz CT molecular complexity index is 747. The first kappa shape index (κ1) is 18.1. The third-order valence-electron chi connectivity index (χ3n) is 3.40. The highest BCUT2D eigenvalue weighted by molar-refractivity contribution is 5.97. The van der Waals surface area contributed by atoms with Gasteiger partial charge in [-0.25, -0.2) is 0 Å². The van der Waals surface area contributed by atoms with Crippen LogP contribution in [0.15, 0.2) is 53.7 Å². The number of hydrogen-bond acceptors (Lipinski definition) is 5. The Morgan fingerprint density at radius 2 is 1.76 bits per heavy atom. The lowest BCUT2D eigenvalue weighted by atomic mass is 10.2. The Balaban J connectivity index is 1.98. The minimum absolute atomic E-state index is 0.200. The van der Waals surface area contributed by atoms with Crippen molar-refractivity contribution in [2.45, 2.75) is 13.0 Å². The van der Waals surface area contributed by atoms with Crippen LogP contribution in [0.25, 0.3) is 0 Å². The van der Waals surface area contributed by atoms with E-state index in [0.29, 0.717) is 17.2 Å². The number of rotatable bonds is 7. The maximum atomic E-state index is 12.2. The molecule has 0 aromatic heterocycles. The number of ether oxygens (including phenoxy) is 2. The van der Waals surface area contributed by atoms with Gasteiger partial charge in [0, 0.05) is 17.3 Å². The van der Waals surface area contributed by atoms with Gasteiger partial charge in [-0.05, 0) is 19.1 Å². The van der Waals surface area contributed by atoms with Gasteiger partial charge in [0.2, 0.25) is 6.10 Å². The molecule has 0 bridgehead atoms. The topological polar surface area (TPSA) is 95.2 Å². The number of hydrogen-bond donors (Lipinski definition) is 2. The molecule has 0 saturated heterocycles. The summed E-state index contributed by atoms with van der Waals surface area (Å²) < 4.78 is 10.4. The summed E-state index contributed by atoms with van der Waals surface area (Å²) in [6.07, 6.45) is -0.824. The molecule has 2 aromatic carbocycles. The zero-order chi connectivity index (χ0) is 18.2. The van der Waals surface area contributed by atoms with E-state index in [2.05, 4.69) is 10.5 Å². The molecule has 7 nitrogen and oxygen atoms in total. The van der Waals surface area contributed by atoms with Crippen LogP contribution in [0, 0.1) is 0 Å². The van der Waals surface area contributed by atoms with Gasteiger partial charge in [0.15, 0.2) is 17.3 Å². The smallest absolute Gasteiger partial charge is 0.267 e. The van der Waals surface area contributed by atoms with Gasteiger partial charge in [0.05, 0.1) is 14.2 Å². The molecule has 0 radical (unpaired) electrons. The third kappa shape index (κ3) is 4.87. The Morgan fingerprint density at radius 3 is 2.40 bits per heavy atom. The normalized spacial score (nSPS) is 12.2. The van der Waals surface area contributed by atoms with Crippen LogP contribution in [0.2, 0.25) is 0 Å². The number of nitrogens with one attached hydrogen (secondary N) is 1. The first-order valence-electron chi connectivity index (χ1n) is 7.62. The van der Waals surface area contributed by atoms with E-state index >= 15 is 0 Å². The fraction of sp³-hybridized carbons (Fsp3) is 0.222. The van der Waals surface area contributed by atoms with E-state index in [1.165, 1.54) is 7.11 Å². The Morgan fingerprint density at radius 1 is 1.08 bits per heavy atom. The maximum absolute atomic E-state index is 12.2. The molecule has 2 aromatic rings. The van der Waals surface area contributed by atoms with Gasteiger partial charge in [-0.1, -0.05) is 35.5 Å². The summed E-state index contributed by atoms with van der Waals surface area (Å²) in [6.45, 7) is 1.58. The average Bonchev–Trinajstić information content (AvgIpc) is 2.66. The van der Waals surface area contributed by atoms with Crippen LogP contribution in [0.1, 0.15) is 12.5 Å². The number of nitrogens with zero attached hydrogens (tertiary/aromatic N) is 1. The number of amidine groups is 1. The fourth-order valence-electron chi connectivity index (χ4n) is 2.00. The summed E-state index contributed by atoms with van der Waals surface area (Å²) >= 11 is 0. The maximum Gasteiger partial charge on any atom is 0.267 e. The molecule has 132 valence electrons. The van der Waals surface area contributed by atoms with Crippen molar-refractivity contribution in [3.8, 4) is 11.5 Å². The van der Waals surface area contributed by atoms with Crippen LogP contribution in [0.4, 0.5) is 5.69 Å². The number of anilines is 1. The van der Waals surface area contributed by atoms with Crippen molar-refractivity contribution < 1.29 is 19.1 Å². The molecular formula is C18H21N3O4. The predicted octanol–water partition coefficient (Wildman–Crippen LogP) is 2.37. The van der Waals surface area contributed by atoms with Crippen LogP contribution in [-0.2, 0) is 9.63 Å². The molecule has 1 atom stereocenters. The molecular weight excluding hydrogens is 322 g/mol. The second kappa shape index (κ2) is 8.58. The van der Waals surface area contributed by atoms with Crippen molar-refractivity contribution in [1.29, 1.82) is 0 Å². The second-order valence-corrected chi connectivity index (χ2v) is 5.15. The standard InChI is InChI=1S/C18H21N3O4/c1-12(25-21-17(19)13-7-5-4-6-8-13)18(22)20-14-9-10-15(23-2)16(11-14)24-3/h4-12H,1-3H3,(H2,19,21)(H,20,22)/t12-/m1/s1. The lowest BCUT2D eigenvalue weighted by Gasteiger charge is -2.13. The molecule has 3 N–H and O–H groups in total. The third-order valence-corrected chi connectivity index (χ3v) is 3.40. The van der Waals surface area contributed by atoms with Crippen LogP contribution in [-0.4, -0.2) is 32.1 Å². The molecule has 0 aliphatic heterocycles. The summed E-state index contributed by atoms with van der Waals surface area (Å²) in [7, 11) is 3.07. The van der Waals surface area contributed by atoms with Gasteiger partial charge in [0.25, 0.3) is 5.91 Å². The Kier molecular flexibility index (Phi) is 6.22. The van der Waals surface area contributed by atoms with Gasteiger partial charge in [-0.15, -0.1) is 0 Å². The summed E-state index contributed by atoms with van der Waals surface area (Å²) in [5, 5.41) is 6.53. The Labute approximate surface area is 146 Å². The summed E-state index contributed by atoms with van der Waals surface area (Å²) in [6, 6.07) is 14.2. The minimum Gasteiger partial charge on any atom is -0.493 e.